The van der Waals surface area contributed by atoms with Gasteiger partial charge in [0.15, 0.2) is 5.96 Å². The van der Waals surface area contributed by atoms with Gasteiger partial charge >= 0.3 is 0 Å². The fourth-order valence-electron chi connectivity index (χ4n) is 4.55. The number of rotatable bonds is 8. The summed E-state index contributed by atoms with van der Waals surface area (Å²) in [5.41, 5.74) is 1.40. The van der Waals surface area contributed by atoms with Crippen LogP contribution in [0.5, 0.6) is 0 Å². The fraction of sp³-hybridized carbons (Fsp3) is 0.708. The van der Waals surface area contributed by atoms with E-state index in [2.05, 4.69) is 64.6 Å². The third-order valence-corrected chi connectivity index (χ3v) is 6.39. The number of nitrogens with one attached hydrogen (secondary N) is 2. The van der Waals surface area contributed by atoms with Crippen molar-refractivity contribution in [2.45, 2.75) is 70.7 Å². The summed E-state index contributed by atoms with van der Waals surface area (Å²) in [5, 5.41) is 16.7. The molecule has 2 aliphatic heterocycles. The molecule has 3 rings (SSSR count). The molecule has 2 saturated heterocycles. The van der Waals surface area contributed by atoms with Crippen LogP contribution in [-0.2, 0) is 6.54 Å². The van der Waals surface area contributed by atoms with Crippen LogP contribution in [0.4, 0.5) is 0 Å². The van der Waals surface area contributed by atoms with Crippen LogP contribution in [-0.4, -0.2) is 78.3 Å². The summed E-state index contributed by atoms with van der Waals surface area (Å²) in [4.78, 5) is 9.87. The second-order valence-electron chi connectivity index (χ2n) is 8.86. The van der Waals surface area contributed by atoms with Crippen LogP contribution < -0.4 is 10.6 Å². The van der Waals surface area contributed by atoms with Crippen molar-refractivity contribution < 1.29 is 5.11 Å². The quantitative estimate of drug-likeness (QED) is 0.204. The molecule has 1 aromatic carbocycles. The molecule has 31 heavy (non-hydrogen) atoms. The molecule has 2 aliphatic rings. The number of guanidine groups is 1. The topological polar surface area (TPSA) is 63.1 Å². The number of hydrogen-bond donors (Lipinski definition) is 3. The molecule has 2 atom stereocenters. The van der Waals surface area contributed by atoms with Crippen LogP contribution in [0.1, 0.15) is 51.5 Å². The van der Waals surface area contributed by atoms with Crippen LogP contribution in [0.25, 0.3) is 0 Å². The highest BCUT2D eigenvalue weighted by Crippen LogP contribution is 2.20. The average Bonchev–Trinajstić information content (AvgIpc) is 2.75. The van der Waals surface area contributed by atoms with Gasteiger partial charge in [0.1, 0.15) is 0 Å². The maximum Gasteiger partial charge on any atom is 0.191 e. The van der Waals surface area contributed by atoms with Crippen LogP contribution in [0.3, 0.4) is 0 Å². The van der Waals surface area contributed by atoms with Crippen LogP contribution >= 0.6 is 24.0 Å². The smallest absolute Gasteiger partial charge is 0.191 e. The van der Waals surface area contributed by atoms with E-state index in [0.717, 1.165) is 83.9 Å². The van der Waals surface area contributed by atoms with Gasteiger partial charge in [-0.2, -0.15) is 0 Å². The van der Waals surface area contributed by atoms with Crippen molar-refractivity contribution >= 4 is 29.9 Å². The van der Waals surface area contributed by atoms with E-state index in [9.17, 15) is 5.11 Å². The zero-order chi connectivity index (χ0) is 21.2. The molecule has 0 saturated carbocycles. The Bertz CT molecular complexity index is 636. The Morgan fingerprint density at radius 1 is 1.13 bits per heavy atom. The summed E-state index contributed by atoms with van der Waals surface area (Å²) in [7, 11) is 0. The minimum absolute atomic E-state index is 0. The first kappa shape index (κ1) is 26.4. The van der Waals surface area contributed by atoms with Crippen molar-refractivity contribution in [1.29, 1.82) is 0 Å². The van der Waals surface area contributed by atoms with Gasteiger partial charge in [-0.3, -0.25) is 9.89 Å². The number of likely N-dealkylation sites (tertiary alicyclic amines) is 2. The van der Waals surface area contributed by atoms with E-state index >= 15 is 0 Å². The van der Waals surface area contributed by atoms with Crippen LogP contribution in [0.15, 0.2) is 35.3 Å². The molecule has 0 radical (unpaired) electrons. The molecule has 0 aliphatic carbocycles. The number of halogens is 1. The zero-order valence-corrected chi connectivity index (χ0v) is 21.6. The molecule has 1 aromatic rings. The molecule has 6 nitrogen and oxygen atoms in total. The standard InChI is InChI=1S/C24H41N5O.HI/c1-3-25-24(26-13-7-14-28-15-11-23(30)12-16-28)27-22-10-17-29(20(2)18-22)19-21-8-5-4-6-9-21;/h4-6,8-9,20,22-23,30H,3,7,10-19H2,1-2H3,(H2,25,26,27);1H. The number of nitrogens with zero attached hydrogens (tertiary/aromatic N) is 3. The SMILES string of the molecule is CCNC(=NCCCN1CCC(O)CC1)NC1CCN(Cc2ccccc2)C(C)C1.I. The molecule has 0 bridgehead atoms. The van der Waals surface area contributed by atoms with E-state index in [1.165, 1.54) is 5.56 Å². The van der Waals surface area contributed by atoms with E-state index in [4.69, 9.17) is 4.99 Å². The first-order valence-electron chi connectivity index (χ1n) is 11.9. The van der Waals surface area contributed by atoms with Crippen LogP contribution in [0, 0.1) is 0 Å². The van der Waals surface area contributed by atoms with Crippen molar-refractivity contribution in [2.24, 2.45) is 4.99 Å². The van der Waals surface area contributed by atoms with Crippen molar-refractivity contribution in [1.82, 2.24) is 20.4 Å². The maximum absolute atomic E-state index is 9.63. The Morgan fingerprint density at radius 3 is 2.55 bits per heavy atom. The zero-order valence-electron chi connectivity index (χ0n) is 19.3. The lowest BCUT2D eigenvalue weighted by atomic mass is 9.97. The predicted molar refractivity (Wildman–Crippen MR) is 140 cm³/mol. The Labute approximate surface area is 205 Å². The molecular formula is C24H42IN5O. The minimum atomic E-state index is -0.0923. The van der Waals surface area contributed by atoms with E-state index in [-0.39, 0.29) is 30.1 Å². The molecule has 176 valence electrons. The first-order valence-corrected chi connectivity index (χ1v) is 11.9. The third-order valence-electron chi connectivity index (χ3n) is 6.39. The average molecular weight is 544 g/mol. The lowest BCUT2D eigenvalue weighted by Crippen LogP contribution is -2.51. The molecule has 2 fully saturated rings. The molecule has 3 N–H and O–H groups in total. The van der Waals surface area contributed by atoms with Gasteiger partial charge in [0, 0.05) is 51.4 Å². The van der Waals surface area contributed by atoms with Crippen molar-refractivity contribution in [3.63, 3.8) is 0 Å². The molecule has 2 unspecified atom stereocenters. The molecular weight excluding hydrogens is 501 g/mol. The van der Waals surface area contributed by atoms with E-state index in [0.29, 0.717) is 12.1 Å². The predicted octanol–water partition coefficient (Wildman–Crippen LogP) is 3.06. The van der Waals surface area contributed by atoms with Gasteiger partial charge in [-0.15, -0.1) is 24.0 Å². The van der Waals surface area contributed by atoms with Gasteiger partial charge in [-0.1, -0.05) is 30.3 Å². The molecule has 0 amide bonds. The van der Waals surface area contributed by atoms with Gasteiger partial charge in [0.25, 0.3) is 0 Å². The molecule has 2 heterocycles. The molecule has 7 heteroatoms. The highest BCUT2D eigenvalue weighted by atomic mass is 127. The lowest BCUT2D eigenvalue weighted by molar-refractivity contribution is 0.0824. The van der Waals surface area contributed by atoms with E-state index < -0.39 is 0 Å². The number of aliphatic hydroxyl groups excluding tert-OH is 1. The molecule has 0 spiro atoms. The van der Waals surface area contributed by atoms with E-state index in [1.54, 1.807) is 0 Å². The van der Waals surface area contributed by atoms with Gasteiger partial charge in [-0.25, -0.2) is 0 Å². The van der Waals surface area contributed by atoms with Crippen molar-refractivity contribution in [3.8, 4) is 0 Å². The number of aliphatic hydroxyl groups is 1. The number of aliphatic imine (C=N–C) groups is 1. The summed E-state index contributed by atoms with van der Waals surface area (Å²) in [6.07, 6.45) is 5.10. The van der Waals surface area contributed by atoms with E-state index in [1.807, 2.05) is 0 Å². The highest BCUT2D eigenvalue weighted by Gasteiger charge is 2.26. The van der Waals surface area contributed by atoms with Crippen LogP contribution in [0.2, 0.25) is 0 Å². The lowest BCUT2D eigenvalue weighted by Gasteiger charge is -2.38. The summed E-state index contributed by atoms with van der Waals surface area (Å²) < 4.78 is 0. The Hall–Kier alpha value is -0.900. The largest absolute Gasteiger partial charge is 0.393 e. The Balaban J connectivity index is 0.00000341. The Kier molecular flexibility index (Phi) is 12.1. The minimum Gasteiger partial charge on any atom is -0.393 e. The summed E-state index contributed by atoms with van der Waals surface area (Å²) >= 11 is 0. The third kappa shape index (κ3) is 9.24. The van der Waals surface area contributed by atoms with Gasteiger partial charge < -0.3 is 20.6 Å². The first-order chi connectivity index (χ1) is 14.6. The summed E-state index contributed by atoms with van der Waals surface area (Å²) in [5.74, 6) is 0.959. The summed E-state index contributed by atoms with van der Waals surface area (Å²) in [6, 6.07) is 11.8. The van der Waals surface area contributed by atoms with Crippen molar-refractivity contribution in [3.05, 3.63) is 35.9 Å². The number of benzene rings is 1. The second kappa shape index (κ2) is 14.3. The Morgan fingerprint density at radius 2 is 1.87 bits per heavy atom. The van der Waals surface area contributed by atoms with Gasteiger partial charge in [0.2, 0.25) is 0 Å². The normalized spacial score (nSPS) is 23.9. The highest BCUT2D eigenvalue weighted by molar-refractivity contribution is 14.0. The molecule has 0 aromatic heterocycles. The fourth-order valence-corrected chi connectivity index (χ4v) is 4.55. The summed E-state index contributed by atoms with van der Waals surface area (Å²) in [6.45, 7) is 11.5. The van der Waals surface area contributed by atoms with Crippen molar-refractivity contribution in [2.75, 3.05) is 39.3 Å². The maximum atomic E-state index is 9.63. The number of hydrogen-bond acceptors (Lipinski definition) is 4. The number of piperidine rings is 2. The van der Waals surface area contributed by atoms with Gasteiger partial charge in [0.05, 0.1) is 6.10 Å². The van der Waals surface area contributed by atoms with Gasteiger partial charge in [-0.05, 0) is 58.1 Å². The second-order valence-corrected chi connectivity index (χ2v) is 8.86. The monoisotopic (exact) mass is 543 g/mol.